The van der Waals surface area contributed by atoms with E-state index in [2.05, 4.69) is 0 Å². The Balaban J connectivity index is 1.68. The van der Waals surface area contributed by atoms with E-state index < -0.39 is 0 Å². The molecule has 0 aromatic carbocycles. The molecule has 0 saturated heterocycles. The third kappa shape index (κ3) is 2.90. The minimum atomic E-state index is -0.239. The van der Waals surface area contributed by atoms with Gasteiger partial charge in [0.05, 0.1) is 12.8 Å². The highest BCUT2D eigenvalue weighted by Crippen LogP contribution is 2.34. The number of carbonyl (C=O) groups excluding carboxylic acids is 1. The van der Waals surface area contributed by atoms with E-state index in [1.54, 1.807) is 6.26 Å². The molecule has 4 heteroatoms. The average molecular weight is 276 g/mol. The molecule has 1 amide bonds. The van der Waals surface area contributed by atoms with Crippen LogP contribution in [0.1, 0.15) is 57.1 Å². The lowest BCUT2D eigenvalue weighted by molar-refractivity contribution is -0.136. The zero-order chi connectivity index (χ0) is 14.0. The Morgan fingerprint density at radius 3 is 2.65 bits per heavy atom. The van der Waals surface area contributed by atoms with Gasteiger partial charge in [-0.3, -0.25) is 4.79 Å². The third-order valence-corrected chi connectivity index (χ3v) is 4.84. The van der Waals surface area contributed by atoms with Crippen LogP contribution in [-0.2, 0) is 11.3 Å². The molecule has 0 spiro atoms. The number of hydrogen-bond donors (Lipinski definition) is 1. The van der Waals surface area contributed by atoms with Crippen molar-refractivity contribution in [2.24, 2.45) is 5.73 Å². The molecule has 0 aliphatic heterocycles. The predicted molar refractivity (Wildman–Crippen MR) is 76.9 cm³/mol. The van der Waals surface area contributed by atoms with Gasteiger partial charge in [-0.25, -0.2) is 0 Å². The lowest BCUT2D eigenvalue weighted by Gasteiger charge is -2.40. The van der Waals surface area contributed by atoms with Gasteiger partial charge in [0.2, 0.25) is 5.91 Å². The van der Waals surface area contributed by atoms with Crippen LogP contribution in [0.15, 0.2) is 22.8 Å². The Morgan fingerprint density at radius 2 is 2.10 bits per heavy atom. The molecule has 2 N–H and O–H groups in total. The van der Waals surface area contributed by atoms with E-state index in [1.807, 2.05) is 17.0 Å². The van der Waals surface area contributed by atoms with E-state index in [-0.39, 0.29) is 11.4 Å². The maximum Gasteiger partial charge on any atom is 0.225 e. The van der Waals surface area contributed by atoms with Crippen LogP contribution in [0.25, 0.3) is 0 Å². The first kappa shape index (κ1) is 13.7. The summed E-state index contributed by atoms with van der Waals surface area (Å²) in [5, 5.41) is 0. The molecule has 1 aromatic rings. The molecule has 2 aliphatic rings. The fourth-order valence-electron chi connectivity index (χ4n) is 3.42. The molecule has 0 atom stereocenters. The minimum Gasteiger partial charge on any atom is -0.467 e. The van der Waals surface area contributed by atoms with Crippen LogP contribution in [0.4, 0.5) is 0 Å². The summed E-state index contributed by atoms with van der Waals surface area (Å²) >= 11 is 0. The molecule has 1 aromatic heterocycles. The average Bonchev–Trinajstić information content (AvgIpc) is 3.06. The Labute approximate surface area is 120 Å². The zero-order valence-corrected chi connectivity index (χ0v) is 12.0. The molecule has 2 fully saturated rings. The summed E-state index contributed by atoms with van der Waals surface area (Å²) in [7, 11) is 0. The van der Waals surface area contributed by atoms with Gasteiger partial charge in [-0.05, 0) is 44.2 Å². The van der Waals surface area contributed by atoms with Gasteiger partial charge in [-0.1, -0.05) is 12.8 Å². The molecular weight excluding hydrogens is 252 g/mol. The van der Waals surface area contributed by atoms with E-state index in [0.717, 1.165) is 37.9 Å². The number of furan rings is 1. The van der Waals surface area contributed by atoms with Crippen LogP contribution in [0.5, 0.6) is 0 Å². The molecule has 2 saturated carbocycles. The maximum absolute atomic E-state index is 12.7. The van der Waals surface area contributed by atoms with Gasteiger partial charge in [0.1, 0.15) is 5.76 Å². The molecule has 3 rings (SSSR count). The van der Waals surface area contributed by atoms with E-state index in [0.29, 0.717) is 19.0 Å². The van der Waals surface area contributed by atoms with E-state index in [1.165, 1.54) is 12.8 Å². The first-order chi connectivity index (χ1) is 9.66. The molecular formula is C16H24N2O2. The minimum absolute atomic E-state index is 0.204. The van der Waals surface area contributed by atoms with Gasteiger partial charge in [-0.15, -0.1) is 0 Å². The second kappa shape index (κ2) is 5.60. The lowest BCUT2D eigenvalue weighted by atomic mass is 9.75. The number of nitrogens with zero attached hydrogens (tertiary/aromatic N) is 1. The number of rotatable bonds is 5. The Kier molecular flexibility index (Phi) is 3.83. The van der Waals surface area contributed by atoms with Gasteiger partial charge >= 0.3 is 0 Å². The summed E-state index contributed by atoms with van der Waals surface area (Å²) in [5.74, 6) is 1.07. The van der Waals surface area contributed by atoms with Crippen molar-refractivity contribution in [3.63, 3.8) is 0 Å². The quantitative estimate of drug-likeness (QED) is 0.899. The number of hydrogen-bond acceptors (Lipinski definition) is 3. The molecule has 1 heterocycles. The summed E-state index contributed by atoms with van der Waals surface area (Å²) in [6.07, 6.45) is 9.96. The van der Waals surface area contributed by atoms with Gasteiger partial charge < -0.3 is 15.1 Å². The fraction of sp³-hybridized carbons (Fsp3) is 0.688. The molecule has 4 nitrogen and oxygen atoms in total. The summed E-state index contributed by atoms with van der Waals surface area (Å²) in [6, 6.07) is 4.19. The molecule has 0 radical (unpaired) electrons. The van der Waals surface area contributed by atoms with Gasteiger partial charge in [-0.2, -0.15) is 0 Å². The monoisotopic (exact) mass is 276 g/mol. The highest BCUT2D eigenvalue weighted by Gasteiger charge is 2.37. The van der Waals surface area contributed by atoms with Crippen molar-refractivity contribution in [3.8, 4) is 0 Å². The van der Waals surface area contributed by atoms with Gasteiger partial charge in [0.15, 0.2) is 0 Å². The summed E-state index contributed by atoms with van der Waals surface area (Å²) in [6.45, 7) is 0.590. The largest absolute Gasteiger partial charge is 0.467 e. The standard InChI is InChI=1S/C16H24N2O2/c17-16(8-4-9-16)11-15(19)18(13-5-1-2-6-13)12-14-7-3-10-20-14/h3,7,10,13H,1-2,4-6,8-9,11-12,17H2. The Bertz CT molecular complexity index is 445. The lowest BCUT2D eigenvalue weighted by Crippen LogP contribution is -2.51. The zero-order valence-electron chi connectivity index (χ0n) is 12.0. The molecule has 2 aliphatic carbocycles. The second-order valence-corrected chi connectivity index (χ2v) is 6.43. The Morgan fingerprint density at radius 1 is 1.35 bits per heavy atom. The van der Waals surface area contributed by atoms with Crippen molar-refractivity contribution in [2.75, 3.05) is 0 Å². The molecule has 110 valence electrons. The fourth-order valence-corrected chi connectivity index (χ4v) is 3.42. The topological polar surface area (TPSA) is 59.5 Å². The van der Waals surface area contributed by atoms with Gasteiger partial charge in [0.25, 0.3) is 0 Å². The number of amides is 1. The normalized spacial score (nSPS) is 21.6. The van der Waals surface area contributed by atoms with Crippen molar-refractivity contribution in [1.82, 2.24) is 4.90 Å². The van der Waals surface area contributed by atoms with Crippen molar-refractivity contribution >= 4 is 5.91 Å². The first-order valence-electron chi connectivity index (χ1n) is 7.77. The van der Waals surface area contributed by atoms with Crippen LogP contribution >= 0.6 is 0 Å². The third-order valence-electron chi connectivity index (χ3n) is 4.84. The van der Waals surface area contributed by atoms with E-state index in [4.69, 9.17) is 10.2 Å². The maximum atomic E-state index is 12.7. The molecule has 0 bridgehead atoms. The van der Waals surface area contributed by atoms with Crippen LogP contribution in [0.2, 0.25) is 0 Å². The van der Waals surface area contributed by atoms with Crippen LogP contribution in [0.3, 0.4) is 0 Å². The van der Waals surface area contributed by atoms with E-state index in [9.17, 15) is 4.79 Å². The van der Waals surface area contributed by atoms with Crippen molar-refractivity contribution in [1.29, 1.82) is 0 Å². The SMILES string of the molecule is NC1(CC(=O)N(Cc2ccco2)C2CCCC2)CCC1. The van der Waals surface area contributed by atoms with Crippen molar-refractivity contribution in [2.45, 2.75) is 69.5 Å². The van der Waals surface area contributed by atoms with Crippen LogP contribution in [-0.4, -0.2) is 22.4 Å². The van der Waals surface area contributed by atoms with Gasteiger partial charge in [0, 0.05) is 18.0 Å². The summed E-state index contributed by atoms with van der Waals surface area (Å²) < 4.78 is 5.42. The first-order valence-corrected chi connectivity index (χ1v) is 7.77. The smallest absolute Gasteiger partial charge is 0.225 e. The van der Waals surface area contributed by atoms with E-state index >= 15 is 0 Å². The molecule has 0 unspecified atom stereocenters. The van der Waals surface area contributed by atoms with Crippen LogP contribution < -0.4 is 5.73 Å². The number of nitrogens with two attached hydrogens (primary N) is 1. The highest BCUT2D eigenvalue weighted by molar-refractivity contribution is 5.78. The van der Waals surface area contributed by atoms with Crippen molar-refractivity contribution < 1.29 is 9.21 Å². The highest BCUT2D eigenvalue weighted by atomic mass is 16.3. The van der Waals surface area contributed by atoms with Crippen molar-refractivity contribution in [3.05, 3.63) is 24.2 Å². The number of carbonyl (C=O) groups is 1. The Hall–Kier alpha value is -1.29. The summed E-state index contributed by atoms with van der Waals surface area (Å²) in [4.78, 5) is 14.7. The van der Waals surface area contributed by atoms with Crippen LogP contribution in [0, 0.1) is 0 Å². The molecule has 20 heavy (non-hydrogen) atoms. The summed E-state index contributed by atoms with van der Waals surface area (Å²) in [5.41, 5.74) is 6.00. The predicted octanol–water partition coefficient (Wildman–Crippen LogP) is 2.82. The second-order valence-electron chi connectivity index (χ2n) is 6.43.